The molecule has 0 saturated heterocycles. The second-order valence-electron chi connectivity index (χ2n) is 22.0. The van der Waals surface area contributed by atoms with Crippen LogP contribution in [0.5, 0.6) is 11.5 Å². The fourth-order valence-corrected chi connectivity index (χ4v) is 9.40. The average Bonchev–Trinajstić information content (AvgIpc) is 3.87. The van der Waals surface area contributed by atoms with E-state index in [1.165, 1.54) is 27.8 Å². The summed E-state index contributed by atoms with van der Waals surface area (Å²) >= 11 is 0. The minimum Gasteiger partial charge on any atom is -0.509 e. The molecule has 5 nitrogen and oxygen atoms in total. The molecule has 10 rings (SSSR count). The third-order valence-corrected chi connectivity index (χ3v) is 13.7. The van der Waals surface area contributed by atoms with Crippen molar-refractivity contribution in [3.63, 3.8) is 0 Å². The third-order valence-electron chi connectivity index (χ3n) is 13.7. The molecule has 1 aliphatic heterocycles. The molecule has 9 aromatic rings. The van der Waals surface area contributed by atoms with E-state index < -0.39 is 0 Å². The number of pyridine rings is 1. The van der Waals surface area contributed by atoms with Gasteiger partial charge in [0.05, 0.1) is 0 Å². The summed E-state index contributed by atoms with van der Waals surface area (Å²) in [5.74, 6) is 2.04. The summed E-state index contributed by atoms with van der Waals surface area (Å²) < 4.78 is 9.15. The number of aromatic nitrogens is 2. The van der Waals surface area contributed by atoms with Crippen molar-refractivity contribution >= 4 is 44.6 Å². The van der Waals surface area contributed by atoms with E-state index in [2.05, 4.69) is 261 Å². The number of hydrogen-bond donors (Lipinski definition) is 0. The molecule has 1 aliphatic rings. The number of rotatable bonds is 8. The number of ether oxygens (including phenoxy) is 1. The van der Waals surface area contributed by atoms with Crippen LogP contribution in [0.4, 0.5) is 22.7 Å². The Balaban J connectivity index is 0.00000329. The van der Waals surface area contributed by atoms with E-state index in [-0.39, 0.29) is 50.2 Å². The van der Waals surface area contributed by atoms with Gasteiger partial charge in [-0.1, -0.05) is 173 Å². The van der Waals surface area contributed by atoms with Crippen LogP contribution in [-0.2, 0) is 42.7 Å². The molecule has 0 aliphatic carbocycles. The molecule has 0 fully saturated rings. The second kappa shape index (κ2) is 18.7. The van der Waals surface area contributed by atoms with Crippen LogP contribution in [0.3, 0.4) is 0 Å². The Hall–Kier alpha value is -6.42. The summed E-state index contributed by atoms with van der Waals surface area (Å²) in [5.41, 5.74) is 14.1. The van der Waals surface area contributed by atoms with E-state index in [0.29, 0.717) is 11.5 Å². The van der Waals surface area contributed by atoms with Gasteiger partial charge in [0.15, 0.2) is 0 Å². The first kappa shape index (κ1) is 50.0. The van der Waals surface area contributed by atoms with Crippen molar-refractivity contribution in [2.45, 2.75) is 97.8 Å². The van der Waals surface area contributed by atoms with Crippen LogP contribution in [0.1, 0.15) is 104 Å². The van der Waals surface area contributed by atoms with E-state index in [1.54, 1.807) is 0 Å². The van der Waals surface area contributed by atoms with Gasteiger partial charge < -0.3 is 26.5 Å². The minimum absolute atomic E-state index is 0. The molecule has 7 aromatic carbocycles. The summed E-state index contributed by atoms with van der Waals surface area (Å²) in [6.07, 6.45) is 1.91. The van der Waals surface area contributed by atoms with Crippen molar-refractivity contribution in [2.75, 3.05) is 9.80 Å². The number of fused-ring (bicyclic) bond motifs is 4. The smallest absolute Gasteiger partial charge is 0.509 e. The molecule has 3 heterocycles. The van der Waals surface area contributed by atoms with Crippen LogP contribution in [0.25, 0.3) is 38.8 Å². The molecule has 0 unspecified atom stereocenters. The molecule has 0 atom stereocenters. The van der Waals surface area contributed by atoms with Crippen molar-refractivity contribution in [3.8, 4) is 28.4 Å². The number of benzene rings is 7. The number of anilines is 4. The molecule has 0 saturated carbocycles. The molecule has 0 radical (unpaired) electrons. The fraction of sp³-hybridized carbons (Fsp3) is 0.234. The van der Waals surface area contributed by atoms with Crippen LogP contribution in [0.15, 0.2) is 164 Å². The Bertz CT molecular complexity index is 3330. The normalized spacial score (nSPS) is 13.0. The predicted molar refractivity (Wildman–Crippen MR) is 291 cm³/mol. The van der Waals surface area contributed by atoms with Crippen LogP contribution < -0.4 is 14.5 Å². The van der Waals surface area contributed by atoms with Gasteiger partial charge in [0.2, 0.25) is 0 Å². The van der Waals surface area contributed by atoms with Gasteiger partial charge in [0, 0.05) is 45.7 Å². The summed E-state index contributed by atoms with van der Waals surface area (Å²) in [7, 11) is 0. The maximum Gasteiger partial charge on any atom is 4.00 e. The fourth-order valence-electron chi connectivity index (χ4n) is 9.40. The third kappa shape index (κ3) is 9.46. The maximum absolute atomic E-state index is 6.94. The second-order valence-corrected chi connectivity index (χ2v) is 22.0. The molecular weight excluding hydrogens is 1040 g/mol. The first-order valence-corrected chi connectivity index (χ1v) is 23.9. The van der Waals surface area contributed by atoms with Crippen molar-refractivity contribution in [3.05, 3.63) is 218 Å². The van der Waals surface area contributed by atoms with Gasteiger partial charge in [-0.15, -0.1) is 53.6 Å². The molecule has 0 amide bonds. The molecule has 0 spiro atoms. The van der Waals surface area contributed by atoms with Gasteiger partial charge in [0.25, 0.3) is 0 Å². The van der Waals surface area contributed by atoms with Crippen molar-refractivity contribution in [1.82, 2.24) is 9.55 Å². The van der Waals surface area contributed by atoms with Crippen LogP contribution >= 0.6 is 0 Å². The van der Waals surface area contributed by atoms with E-state index >= 15 is 0 Å². The minimum atomic E-state index is -0.235. The summed E-state index contributed by atoms with van der Waals surface area (Å²) in [6.45, 7) is 27.3. The van der Waals surface area contributed by atoms with Crippen molar-refractivity contribution in [1.29, 1.82) is 0 Å². The van der Waals surface area contributed by atoms with Crippen LogP contribution in [0, 0.1) is 26.2 Å². The molecule has 356 valence electrons. The van der Waals surface area contributed by atoms with Gasteiger partial charge in [-0.2, -0.15) is 6.07 Å². The van der Waals surface area contributed by atoms with Crippen LogP contribution in [0.2, 0.25) is 0 Å². The van der Waals surface area contributed by atoms with E-state index in [9.17, 15) is 0 Å². The summed E-state index contributed by atoms with van der Waals surface area (Å²) in [4.78, 5) is 9.55. The number of hydrogen-bond acceptors (Lipinski definition) is 4. The van der Waals surface area contributed by atoms with Gasteiger partial charge >= 0.3 is 21.1 Å². The predicted octanol–water partition coefficient (Wildman–Crippen LogP) is 17.3. The van der Waals surface area contributed by atoms with Crippen molar-refractivity contribution < 1.29 is 25.8 Å². The van der Waals surface area contributed by atoms with Crippen LogP contribution in [-0.4, -0.2) is 9.55 Å². The zero-order valence-electron chi connectivity index (χ0n) is 42.7. The first-order valence-electron chi connectivity index (χ1n) is 23.9. The SMILES string of the molecule is CC(C)(C)c1cc(N2[CH-]N(c3[c-]c(Oc4[c-]c5c(cc4)c4ccccc4n5-c4cc(C(C)(C)C)ccn4)cc(-c4ccccc4)c3)c3cc(C(C)(C)C)ccc32)cc(C(C)(C)c2ccccc2)c1.[CH3-].[Pt+4]. The summed E-state index contributed by atoms with van der Waals surface area (Å²) in [6, 6.07) is 64.2. The molecule has 2 aromatic heterocycles. The van der Waals surface area contributed by atoms with Gasteiger partial charge in [-0.25, -0.2) is 4.98 Å². The Kier molecular flexibility index (Phi) is 13.4. The Morgan fingerprint density at radius 3 is 1.83 bits per heavy atom. The maximum atomic E-state index is 6.94. The molecule has 70 heavy (non-hydrogen) atoms. The zero-order chi connectivity index (χ0) is 47.8. The quantitative estimate of drug-likeness (QED) is 0.142. The van der Waals surface area contributed by atoms with E-state index in [0.717, 1.165) is 61.5 Å². The zero-order valence-corrected chi connectivity index (χ0v) is 45.0. The molecule has 0 bridgehead atoms. The number of nitrogens with zero attached hydrogens (tertiary/aromatic N) is 4. The Labute approximate surface area is 431 Å². The van der Waals surface area contributed by atoms with Crippen molar-refractivity contribution in [2.24, 2.45) is 0 Å². The monoisotopic (exact) mass is 1100 g/mol. The largest absolute Gasteiger partial charge is 4.00 e. The molecule has 0 N–H and O–H groups in total. The van der Waals surface area contributed by atoms with E-state index in [1.807, 2.05) is 12.3 Å². The standard InChI is InChI=1S/C63H61N4O.CH3.Pt/c1-60(2,3)45-26-29-56-58(37-45)66(41-65(56)50-35-47(62(7,8)9)34-48(36-50)63(10,11)44-22-16-13-17-23-44)49-32-43(42-20-14-12-15-21-42)33-52(39-49)68-51-27-28-54-53-24-18-19-25-55(53)67(57(54)40-51)59-38-46(30-31-64-59)61(4,5)6;;/h12-38,41H,1-11H3;1H3;/q-3;-1;+4. The van der Waals surface area contributed by atoms with Gasteiger partial charge in [-0.3, -0.25) is 0 Å². The summed E-state index contributed by atoms with van der Waals surface area (Å²) in [5, 5.41) is 2.22. The molecular formula is C64H64N4OPt. The van der Waals surface area contributed by atoms with Gasteiger partial charge in [-0.05, 0) is 97.5 Å². The van der Waals surface area contributed by atoms with E-state index in [4.69, 9.17) is 9.72 Å². The first-order chi connectivity index (χ1) is 32.3. The average molecular weight is 1100 g/mol. The molecule has 6 heteroatoms. The Morgan fingerprint density at radius 2 is 1.13 bits per heavy atom. The Morgan fingerprint density at radius 1 is 0.486 bits per heavy atom. The number of para-hydroxylation sites is 1. The topological polar surface area (TPSA) is 33.5 Å². The van der Waals surface area contributed by atoms with Gasteiger partial charge in [0.1, 0.15) is 5.82 Å².